The van der Waals surface area contributed by atoms with E-state index in [0.717, 1.165) is 42.4 Å². The molecule has 1 N–H and O–H groups in total. The maximum atomic E-state index is 10.2. The largest absolute Gasteiger partial charge is 0.393 e. The van der Waals surface area contributed by atoms with Crippen LogP contribution < -0.4 is 0 Å². The molecule has 164 valence electrons. The van der Waals surface area contributed by atoms with Crippen molar-refractivity contribution in [3.63, 3.8) is 0 Å². The highest BCUT2D eigenvalue weighted by Gasteiger charge is 2.58. The summed E-state index contributed by atoms with van der Waals surface area (Å²) >= 11 is 0. The summed E-state index contributed by atoms with van der Waals surface area (Å²) in [5.74, 6) is 5.63. The Morgan fingerprint density at radius 2 is 1.72 bits per heavy atom. The van der Waals surface area contributed by atoms with Crippen LogP contribution in [0.3, 0.4) is 0 Å². The Bertz CT molecular complexity index is 659. The third-order valence-electron chi connectivity index (χ3n) is 10.6. The predicted octanol–water partition coefficient (Wildman–Crippen LogP) is 7.41. The molecule has 3 saturated carbocycles. The summed E-state index contributed by atoms with van der Waals surface area (Å²) in [7, 11) is 0. The number of hydrogen-bond donors (Lipinski definition) is 1. The Kier molecular flexibility index (Phi) is 5.86. The molecule has 0 bridgehead atoms. The van der Waals surface area contributed by atoms with Crippen LogP contribution in [0.1, 0.15) is 92.9 Å². The van der Waals surface area contributed by atoms with E-state index in [4.69, 9.17) is 0 Å². The molecule has 0 aliphatic heterocycles. The summed E-state index contributed by atoms with van der Waals surface area (Å²) in [5.41, 5.74) is 2.51. The lowest BCUT2D eigenvalue weighted by atomic mass is 9.47. The van der Waals surface area contributed by atoms with Crippen LogP contribution in [-0.4, -0.2) is 11.2 Å². The number of allylic oxidation sites excluding steroid dienone is 3. The van der Waals surface area contributed by atoms with E-state index in [1.807, 2.05) is 0 Å². The fourth-order valence-electron chi connectivity index (χ4n) is 8.25. The van der Waals surface area contributed by atoms with E-state index in [2.05, 4.69) is 59.8 Å². The van der Waals surface area contributed by atoms with Gasteiger partial charge in [0.2, 0.25) is 0 Å². The van der Waals surface area contributed by atoms with Gasteiger partial charge in [0, 0.05) is 0 Å². The molecule has 2 unspecified atom stereocenters. The summed E-state index contributed by atoms with van der Waals surface area (Å²) in [5, 5.41) is 10.2. The average molecular weight is 399 g/mol. The molecule has 0 saturated heterocycles. The van der Waals surface area contributed by atoms with Crippen LogP contribution in [0.15, 0.2) is 23.8 Å². The smallest absolute Gasteiger partial charge is 0.0577 e. The Morgan fingerprint density at radius 1 is 0.966 bits per heavy atom. The maximum Gasteiger partial charge on any atom is 0.0577 e. The molecule has 0 spiro atoms. The van der Waals surface area contributed by atoms with Crippen LogP contribution in [0.5, 0.6) is 0 Å². The molecule has 0 aromatic carbocycles. The van der Waals surface area contributed by atoms with Gasteiger partial charge in [0.1, 0.15) is 0 Å². The van der Waals surface area contributed by atoms with Crippen molar-refractivity contribution >= 4 is 0 Å². The summed E-state index contributed by atoms with van der Waals surface area (Å²) in [6, 6.07) is 0. The highest BCUT2D eigenvalue weighted by Crippen LogP contribution is 2.67. The number of fused-ring (bicyclic) bond motifs is 5. The number of rotatable bonds is 4. The van der Waals surface area contributed by atoms with Crippen molar-refractivity contribution in [2.45, 2.75) is 99.0 Å². The van der Waals surface area contributed by atoms with Crippen molar-refractivity contribution in [2.24, 2.45) is 52.3 Å². The van der Waals surface area contributed by atoms with Crippen LogP contribution in [0.4, 0.5) is 0 Å². The normalized spacial score (nSPS) is 46.8. The fraction of sp³-hybridized carbons (Fsp3) is 0.857. The molecule has 1 heteroatoms. The molecule has 4 rings (SSSR count). The van der Waals surface area contributed by atoms with Crippen LogP contribution in [-0.2, 0) is 0 Å². The molecule has 1 nitrogen and oxygen atoms in total. The van der Waals surface area contributed by atoms with Crippen molar-refractivity contribution in [2.75, 3.05) is 0 Å². The van der Waals surface area contributed by atoms with Gasteiger partial charge in [-0.3, -0.25) is 0 Å². The zero-order valence-electron chi connectivity index (χ0n) is 20.0. The van der Waals surface area contributed by atoms with E-state index in [9.17, 15) is 5.11 Å². The molecule has 0 aromatic heterocycles. The van der Waals surface area contributed by atoms with E-state index in [-0.39, 0.29) is 6.10 Å². The third kappa shape index (κ3) is 3.58. The zero-order valence-corrected chi connectivity index (χ0v) is 20.0. The van der Waals surface area contributed by atoms with E-state index < -0.39 is 0 Å². The Labute approximate surface area is 180 Å². The van der Waals surface area contributed by atoms with Crippen LogP contribution in [0.25, 0.3) is 0 Å². The van der Waals surface area contributed by atoms with Gasteiger partial charge in [0.05, 0.1) is 6.10 Å². The molecular formula is C28H46O. The van der Waals surface area contributed by atoms with Gasteiger partial charge < -0.3 is 5.11 Å². The van der Waals surface area contributed by atoms with Gasteiger partial charge in [-0.05, 0) is 104 Å². The molecule has 4 aliphatic carbocycles. The number of aliphatic hydroxyl groups excluding tert-OH is 1. The Hall–Kier alpha value is -0.560. The van der Waals surface area contributed by atoms with Crippen molar-refractivity contribution in [3.8, 4) is 0 Å². The second-order valence-corrected chi connectivity index (χ2v) is 12.2. The lowest BCUT2D eigenvalue weighted by Gasteiger charge is -2.58. The molecule has 0 amide bonds. The van der Waals surface area contributed by atoms with Gasteiger partial charge in [0.15, 0.2) is 0 Å². The van der Waals surface area contributed by atoms with Gasteiger partial charge in [-0.15, -0.1) is 0 Å². The van der Waals surface area contributed by atoms with Gasteiger partial charge in [0.25, 0.3) is 0 Å². The molecule has 29 heavy (non-hydrogen) atoms. The second kappa shape index (κ2) is 7.85. The fourth-order valence-corrected chi connectivity index (χ4v) is 8.25. The van der Waals surface area contributed by atoms with E-state index in [1.54, 1.807) is 5.57 Å². The summed E-state index contributed by atoms with van der Waals surface area (Å²) < 4.78 is 0. The molecule has 4 aliphatic rings. The SMILES string of the molecule is CC(C)C(C)C=C[C@@H](C)[C@H]1CC[C@H]2[C@@H]3CC=C4CC(O)CC[C@]4(C)[C@H]3CC[C@]12C. The molecule has 0 heterocycles. The summed E-state index contributed by atoms with van der Waals surface area (Å²) in [4.78, 5) is 0. The minimum absolute atomic E-state index is 0.0866. The van der Waals surface area contributed by atoms with Gasteiger partial charge >= 0.3 is 0 Å². The van der Waals surface area contributed by atoms with Crippen LogP contribution in [0.2, 0.25) is 0 Å². The summed E-state index contributed by atoms with van der Waals surface area (Å²) in [6.07, 6.45) is 17.7. The second-order valence-electron chi connectivity index (χ2n) is 12.2. The first kappa shape index (κ1) is 21.7. The van der Waals surface area contributed by atoms with Gasteiger partial charge in [-0.1, -0.05) is 65.3 Å². The van der Waals surface area contributed by atoms with Crippen LogP contribution >= 0.6 is 0 Å². The first-order valence-corrected chi connectivity index (χ1v) is 12.7. The predicted molar refractivity (Wildman–Crippen MR) is 124 cm³/mol. The molecular weight excluding hydrogens is 352 g/mol. The lowest BCUT2D eigenvalue weighted by molar-refractivity contribution is -0.0540. The van der Waals surface area contributed by atoms with E-state index >= 15 is 0 Å². The minimum Gasteiger partial charge on any atom is -0.393 e. The first-order valence-electron chi connectivity index (χ1n) is 12.7. The van der Waals surface area contributed by atoms with Crippen molar-refractivity contribution in [3.05, 3.63) is 23.8 Å². The standard InChI is InChI=1S/C28H46O/c1-18(2)19(3)7-8-20(4)24-11-12-25-23-10-9-21-17-22(29)13-15-27(21,5)26(23)14-16-28(24,25)6/h7-9,18-20,22-26,29H,10-17H2,1-6H3/t19?,20-,22?,23+,24-,25+,26+,27+,28-/m1/s1. The molecule has 0 aromatic rings. The van der Waals surface area contributed by atoms with E-state index in [0.29, 0.717) is 22.7 Å². The van der Waals surface area contributed by atoms with Crippen molar-refractivity contribution in [1.29, 1.82) is 0 Å². The topological polar surface area (TPSA) is 20.2 Å². The van der Waals surface area contributed by atoms with Crippen LogP contribution in [0, 0.1) is 52.3 Å². The third-order valence-corrected chi connectivity index (χ3v) is 10.6. The highest BCUT2D eigenvalue weighted by atomic mass is 16.3. The molecule has 3 fully saturated rings. The average Bonchev–Trinajstić information content (AvgIpc) is 3.03. The number of hydrogen-bond acceptors (Lipinski definition) is 1. The minimum atomic E-state index is -0.0866. The monoisotopic (exact) mass is 398 g/mol. The molecule has 0 radical (unpaired) electrons. The first-order chi connectivity index (χ1) is 13.7. The zero-order chi connectivity index (χ0) is 21.0. The Morgan fingerprint density at radius 3 is 2.45 bits per heavy atom. The lowest BCUT2D eigenvalue weighted by Crippen LogP contribution is -2.50. The van der Waals surface area contributed by atoms with Crippen molar-refractivity contribution < 1.29 is 5.11 Å². The van der Waals surface area contributed by atoms with Gasteiger partial charge in [-0.25, -0.2) is 0 Å². The van der Waals surface area contributed by atoms with Gasteiger partial charge in [-0.2, -0.15) is 0 Å². The maximum absolute atomic E-state index is 10.2. The van der Waals surface area contributed by atoms with Crippen molar-refractivity contribution in [1.82, 2.24) is 0 Å². The quantitative estimate of drug-likeness (QED) is 0.489. The Balaban J connectivity index is 1.53. The summed E-state index contributed by atoms with van der Waals surface area (Å²) in [6.45, 7) is 14.7. The number of aliphatic hydroxyl groups is 1. The highest BCUT2D eigenvalue weighted by molar-refractivity contribution is 5.25. The molecule has 9 atom stereocenters. The van der Waals surface area contributed by atoms with E-state index in [1.165, 1.54) is 38.5 Å².